The summed E-state index contributed by atoms with van der Waals surface area (Å²) in [5, 5.41) is 39.5. The first-order valence-electron chi connectivity index (χ1n) is 7.05. The van der Waals surface area contributed by atoms with Crippen LogP contribution in [-0.2, 0) is 0 Å². The van der Waals surface area contributed by atoms with E-state index < -0.39 is 11.2 Å². The lowest BCUT2D eigenvalue weighted by Gasteiger charge is -2.38. The normalized spacial score (nSPS) is 31.5. The van der Waals surface area contributed by atoms with Crippen LogP contribution >= 0.6 is 11.3 Å². The molecule has 0 aromatic carbocycles. The Kier molecular flexibility index (Phi) is 3.31. The van der Waals surface area contributed by atoms with Crippen LogP contribution in [0.4, 0.5) is 0 Å². The fourth-order valence-electron chi connectivity index (χ4n) is 3.48. The van der Waals surface area contributed by atoms with Gasteiger partial charge in [0.1, 0.15) is 11.3 Å². The summed E-state index contributed by atoms with van der Waals surface area (Å²) >= 11 is 1.47. The van der Waals surface area contributed by atoms with Gasteiger partial charge in [0.05, 0.1) is 4.88 Å². The number of oxime groups is 1. The standard InChI is InChI=1S/C14H19N3O3S/c1-13(2)12(10-6-5-9-21-10)16(19)14(17(13)20)8-4-3-7-11(14)15-18/h5-6,9,18,20H,3-4,7-8H2,1-2H3/b15-11-/t14-/m0/s1. The SMILES string of the molecule is CC1(C)C(c2cccs2)=[N+]([O-])[C@@]2(CCCC/C2=N/O)N1O. The fraction of sp³-hybridized carbons (Fsp3) is 0.571. The molecule has 2 aliphatic rings. The van der Waals surface area contributed by atoms with Crippen molar-refractivity contribution in [2.24, 2.45) is 5.16 Å². The number of hydrogen-bond donors (Lipinski definition) is 2. The predicted molar refractivity (Wildman–Crippen MR) is 80.2 cm³/mol. The summed E-state index contributed by atoms with van der Waals surface area (Å²) in [5.41, 5.74) is -1.27. The highest BCUT2D eigenvalue weighted by molar-refractivity contribution is 7.12. The van der Waals surface area contributed by atoms with Gasteiger partial charge in [-0.1, -0.05) is 11.2 Å². The molecule has 21 heavy (non-hydrogen) atoms. The van der Waals surface area contributed by atoms with Gasteiger partial charge >= 0.3 is 0 Å². The minimum Gasteiger partial charge on any atom is -0.622 e. The third kappa shape index (κ3) is 1.77. The van der Waals surface area contributed by atoms with Crippen LogP contribution in [0.15, 0.2) is 22.7 Å². The summed E-state index contributed by atoms with van der Waals surface area (Å²) in [4.78, 5) is 0.828. The van der Waals surface area contributed by atoms with E-state index in [-0.39, 0.29) is 0 Å². The van der Waals surface area contributed by atoms with Crippen molar-refractivity contribution in [3.8, 4) is 0 Å². The van der Waals surface area contributed by atoms with Crippen LogP contribution in [0.25, 0.3) is 0 Å². The summed E-state index contributed by atoms with van der Waals surface area (Å²) in [6.45, 7) is 3.62. The zero-order valence-electron chi connectivity index (χ0n) is 12.1. The van der Waals surface area contributed by atoms with Crippen LogP contribution in [-0.4, -0.2) is 42.8 Å². The van der Waals surface area contributed by atoms with Crippen molar-refractivity contribution < 1.29 is 15.2 Å². The van der Waals surface area contributed by atoms with Gasteiger partial charge in [-0.05, 0) is 44.6 Å². The number of nitrogens with zero attached hydrogens (tertiary/aromatic N) is 3. The Hall–Kier alpha value is -1.44. The smallest absolute Gasteiger partial charge is 0.293 e. The second-order valence-corrected chi connectivity index (χ2v) is 7.01. The van der Waals surface area contributed by atoms with Crippen molar-refractivity contribution in [1.82, 2.24) is 5.06 Å². The van der Waals surface area contributed by atoms with Crippen molar-refractivity contribution in [2.45, 2.75) is 50.7 Å². The van der Waals surface area contributed by atoms with Gasteiger partial charge in [-0.25, -0.2) is 0 Å². The molecule has 1 aliphatic heterocycles. The third-order valence-electron chi connectivity index (χ3n) is 4.52. The molecule has 0 unspecified atom stereocenters. The predicted octanol–water partition coefficient (Wildman–Crippen LogP) is 2.63. The van der Waals surface area contributed by atoms with E-state index in [1.54, 1.807) is 0 Å². The Morgan fingerprint density at radius 3 is 2.81 bits per heavy atom. The molecule has 0 saturated heterocycles. The number of thiophene rings is 1. The topological polar surface area (TPSA) is 82.1 Å². The quantitative estimate of drug-likeness (QED) is 0.361. The first kappa shape index (κ1) is 14.5. The average Bonchev–Trinajstić information content (AvgIpc) is 3.03. The first-order valence-corrected chi connectivity index (χ1v) is 7.93. The third-order valence-corrected chi connectivity index (χ3v) is 5.40. The fourth-order valence-corrected chi connectivity index (χ4v) is 4.39. The van der Waals surface area contributed by atoms with E-state index in [1.807, 2.05) is 31.4 Å². The van der Waals surface area contributed by atoms with Gasteiger partial charge in [-0.15, -0.1) is 16.4 Å². The Bertz CT molecular complexity index is 609. The molecule has 1 aromatic heterocycles. The maximum atomic E-state index is 13.1. The molecule has 1 aliphatic carbocycles. The molecular weight excluding hydrogens is 290 g/mol. The lowest BCUT2D eigenvalue weighted by molar-refractivity contribution is -0.568. The van der Waals surface area contributed by atoms with E-state index in [0.29, 0.717) is 24.3 Å². The Balaban J connectivity index is 2.23. The van der Waals surface area contributed by atoms with Crippen molar-refractivity contribution in [1.29, 1.82) is 0 Å². The van der Waals surface area contributed by atoms with Crippen molar-refractivity contribution in [2.75, 3.05) is 0 Å². The van der Waals surface area contributed by atoms with Crippen LogP contribution < -0.4 is 0 Å². The molecule has 0 amide bonds. The molecule has 3 rings (SSSR count). The molecular formula is C14H19N3O3S. The van der Waals surface area contributed by atoms with Crippen molar-refractivity contribution in [3.05, 3.63) is 27.6 Å². The van der Waals surface area contributed by atoms with Gasteiger partial charge < -0.3 is 15.6 Å². The van der Waals surface area contributed by atoms with Crippen LogP contribution in [0.5, 0.6) is 0 Å². The van der Waals surface area contributed by atoms with E-state index in [1.165, 1.54) is 11.3 Å². The lowest BCUT2D eigenvalue weighted by atomic mass is 9.86. The Labute approximate surface area is 127 Å². The summed E-state index contributed by atoms with van der Waals surface area (Å²) in [5.74, 6) is 0. The highest BCUT2D eigenvalue weighted by Crippen LogP contribution is 2.42. The second kappa shape index (κ2) is 4.79. The van der Waals surface area contributed by atoms with Gasteiger partial charge in [0.15, 0.2) is 0 Å². The molecule has 1 spiro atoms. The molecule has 2 heterocycles. The van der Waals surface area contributed by atoms with E-state index in [9.17, 15) is 15.6 Å². The first-order chi connectivity index (χ1) is 9.96. The average molecular weight is 309 g/mol. The molecule has 2 N–H and O–H groups in total. The molecule has 0 bridgehead atoms. The Morgan fingerprint density at radius 1 is 1.43 bits per heavy atom. The number of rotatable bonds is 1. The van der Waals surface area contributed by atoms with E-state index in [4.69, 9.17) is 0 Å². The molecule has 1 aromatic rings. The van der Waals surface area contributed by atoms with E-state index in [0.717, 1.165) is 27.5 Å². The maximum Gasteiger partial charge on any atom is 0.293 e. The van der Waals surface area contributed by atoms with Crippen molar-refractivity contribution in [3.63, 3.8) is 0 Å². The lowest BCUT2D eigenvalue weighted by Crippen LogP contribution is -2.60. The van der Waals surface area contributed by atoms with Gasteiger partial charge in [-0.2, -0.15) is 4.74 Å². The zero-order valence-corrected chi connectivity index (χ0v) is 12.9. The zero-order chi connectivity index (χ0) is 15.3. The summed E-state index contributed by atoms with van der Waals surface area (Å²) in [6, 6.07) is 3.75. The van der Waals surface area contributed by atoms with Crippen molar-refractivity contribution >= 4 is 22.8 Å². The van der Waals surface area contributed by atoms with E-state index >= 15 is 0 Å². The van der Waals surface area contributed by atoms with Gasteiger partial charge in [0, 0.05) is 6.42 Å². The maximum absolute atomic E-state index is 13.1. The van der Waals surface area contributed by atoms with Crippen LogP contribution in [0.1, 0.15) is 44.4 Å². The molecule has 114 valence electrons. The highest BCUT2D eigenvalue weighted by Gasteiger charge is 2.65. The molecule has 0 radical (unpaired) electrons. The molecule has 1 saturated carbocycles. The van der Waals surface area contributed by atoms with Crippen LogP contribution in [0.2, 0.25) is 0 Å². The number of hydrogen-bond acceptors (Lipinski definition) is 6. The monoisotopic (exact) mass is 309 g/mol. The minimum atomic E-state index is -1.28. The van der Waals surface area contributed by atoms with Gasteiger partial charge in [0.2, 0.25) is 5.71 Å². The summed E-state index contributed by atoms with van der Waals surface area (Å²) in [6.07, 6.45) is 2.63. The van der Waals surface area contributed by atoms with Crippen LogP contribution in [0, 0.1) is 5.21 Å². The molecule has 1 atom stereocenters. The highest BCUT2D eigenvalue weighted by atomic mass is 32.1. The van der Waals surface area contributed by atoms with Gasteiger partial charge in [0.25, 0.3) is 5.66 Å². The minimum absolute atomic E-state index is 0.339. The molecule has 6 nitrogen and oxygen atoms in total. The molecule has 1 fully saturated rings. The second-order valence-electron chi connectivity index (χ2n) is 6.06. The van der Waals surface area contributed by atoms with Crippen LogP contribution in [0.3, 0.4) is 0 Å². The Morgan fingerprint density at radius 2 is 2.19 bits per heavy atom. The molecule has 7 heteroatoms. The largest absolute Gasteiger partial charge is 0.622 e. The van der Waals surface area contributed by atoms with Gasteiger partial charge in [-0.3, -0.25) is 0 Å². The summed E-state index contributed by atoms with van der Waals surface area (Å²) < 4.78 is 0.854. The summed E-state index contributed by atoms with van der Waals surface area (Å²) in [7, 11) is 0. The number of hydroxylamine groups is 3. The van der Waals surface area contributed by atoms with E-state index in [2.05, 4.69) is 5.16 Å².